The molecule has 0 aliphatic heterocycles. The second kappa shape index (κ2) is 4.68. The molecule has 0 heterocycles. The fourth-order valence-electron chi connectivity index (χ4n) is 1.37. The number of hydrogen-bond donors (Lipinski definition) is 2. The normalized spacial score (nSPS) is 10.0. The van der Waals surface area contributed by atoms with E-state index >= 15 is 0 Å². The number of esters is 1. The first-order valence-corrected chi connectivity index (χ1v) is 4.73. The van der Waals surface area contributed by atoms with Crippen LogP contribution in [0.15, 0.2) is 12.1 Å². The van der Waals surface area contributed by atoms with Gasteiger partial charge in [0.2, 0.25) is 0 Å². The molecule has 1 aromatic rings. The lowest BCUT2D eigenvalue weighted by Crippen LogP contribution is -2.02. The summed E-state index contributed by atoms with van der Waals surface area (Å²) in [5.41, 5.74) is 0.800. The number of ether oxygens (including phenoxy) is 1. The summed E-state index contributed by atoms with van der Waals surface area (Å²) in [5, 5.41) is 18.9. The maximum atomic E-state index is 11.2. The molecule has 0 fully saturated rings. The van der Waals surface area contributed by atoms with E-state index in [1.807, 2.05) is 6.92 Å². The molecular weight excluding hydrogens is 196 g/mol. The van der Waals surface area contributed by atoms with Gasteiger partial charge in [-0.3, -0.25) is 0 Å². The van der Waals surface area contributed by atoms with Gasteiger partial charge in [-0.25, -0.2) is 4.79 Å². The summed E-state index contributed by atoms with van der Waals surface area (Å²) in [7, 11) is 1.27. The van der Waals surface area contributed by atoms with Crippen molar-refractivity contribution in [3.8, 4) is 11.5 Å². The zero-order chi connectivity index (χ0) is 11.4. The molecule has 0 unspecified atom stereocenters. The van der Waals surface area contributed by atoms with Gasteiger partial charge >= 0.3 is 5.97 Å². The van der Waals surface area contributed by atoms with E-state index in [1.54, 1.807) is 0 Å². The van der Waals surface area contributed by atoms with Gasteiger partial charge in [0.05, 0.1) is 12.7 Å². The number of aromatic hydroxyl groups is 2. The van der Waals surface area contributed by atoms with Crippen molar-refractivity contribution in [3.63, 3.8) is 0 Å². The monoisotopic (exact) mass is 210 g/mol. The molecule has 0 aliphatic carbocycles. The Kier molecular flexibility index (Phi) is 3.55. The standard InChI is InChI=1S/C11H14O4/c1-3-4-7-5-8(11(14)15-2)6-9(12)10(7)13/h5-6,12-13H,3-4H2,1-2H3. The summed E-state index contributed by atoms with van der Waals surface area (Å²) in [6.07, 6.45) is 1.42. The van der Waals surface area contributed by atoms with Gasteiger partial charge in [-0.1, -0.05) is 13.3 Å². The Morgan fingerprint density at radius 3 is 2.60 bits per heavy atom. The second-order valence-electron chi connectivity index (χ2n) is 3.24. The first-order valence-electron chi connectivity index (χ1n) is 4.73. The number of phenols is 2. The van der Waals surface area contributed by atoms with Crippen molar-refractivity contribution in [2.24, 2.45) is 0 Å². The maximum absolute atomic E-state index is 11.2. The Morgan fingerprint density at radius 2 is 2.07 bits per heavy atom. The van der Waals surface area contributed by atoms with Crippen molar-refractivity contribution in [1.82, 2.24) is 0 Å². The number of methoxy groups -OCH3 is 1. The molecule has 0 bridgehead atoms. The minimum Gasteiger partial charge on any atom is -0.504 e. The number of carbonyl (C=O) groups is 1. The lowest BCUT2D eigenvalue weighted by atomic mass is 10.0. The number of hydrogen-bond acceptors (Lipinski definition) is 4. The first kappa shape index (κ1) is 11.4. The number of rotatable bonds is 3. The zero-order valence-corrected chi connectivity index (χ0v) is 8.78. The fraction of sp³-hybridized carbons (Fsp3) is 0.364. The Balaban J connectivity index is 3.16. The van der Waals surface area contributed by atoms with Crippen LogP contribution in [-0.4, -0.2) is 23.3 Å². The van der Waals surface area contributed by atoms with Crippen LogP contribution in [-0.2, 0) is 11.2 Å². The quantitative estimate of drug-likeness (QED) is 0.590. The zero-order valence-electron chi connectivity index (χ0n) is 8.78. The molecule has 0 radical (unpaired) electrons. The van der Waals surface area contributed by atoms with Crippen molar-refractivity contribution in [2.75, 3.05) is 7.11 Å². The topological polar surface area (TPSA) is 66.8 Å². The molecule has 82 valence electrons. The van der Waals surface area contributed by atoms with E-state index in [4.69, 9.17) is 0 Å². The summed E-state index contributed by atoms with van der Waals surface area (Å²) < 4.78 is 4.53. The van der Waals surface area contributed by atoms with E-state index in [1.165, 1.54) is 19.2 Å². The fourth-order valence-corrected chi connectivity index (χ4v) is 1.37. The van der Waals surface area contributed by atoms with Crippen molar-refractivity contribution < 1.29 is 19.7 Å². The molecule has 4 nitrogen and oxygen atoms in total. The summed E-state index contributed by atoms with van der Waals surface area (Å²) in [4.78, 5) is 11.2. The predicted octanol–water partition coefficient (Wildman–Crippen LogP) is 1.84. The SMILES string of the molecule is CCCc1cc(C(=O)OC)cc(O)c1O. The third-order valence-electron chi connectivity index (χ3n) is 2.11. The van der Waals surface area contributed by atoms with Gasteiger partial charge in [-0.15, -0.1) is 0 Å². The van der Waals surface area contributed by atoms with Gasteiger partial charge in [0.15, 0.2) is 11.5 Å². The Morgan fingerprint density at radius 1 is 1.40 bits per heavy atom. The van der Waals surface area contributed by atoms with Crippen LogP contribution in [0.1, 0.15) is 29.3 Å². The lowest BCUT2D eigenvalue weighted by Gasteiger charge is -2.07. The third kappa shape index (κ3) is 2.40. The van der Waals surface area contributed by atoms with E-state index in [0.29, 0.717) is 12.0 Å². The van der Waals surface area contributed by atoms with Crippen LogP contribution in [0.5, 0.6) is 11.5 Å². The average Bonchev–Trinajstić information content (AvgIpc) is 2.23. The molecule has 0 saturated heterocycles. The minimum absolute atomic E-state index is 0.162. The number of phenolic OH excluding ortho intramolecular Hbond substituents is 2. The largest absolute Gasteiger partial charge is 0.504 e. The predicted molar refractivity (Wildman–Crippen MR) is 55.1 cm³/mol. The van der Waals surface area contributed by atoms with Crippen LogP contribution in [0.3, 0.4) is 0 Å². The molecule has 2 N–H and O–H groups in total. The van der Waals surface area contributed by atoms with Crippen molar-refractivity contribution in [1.29, 1.82) is 0 Å². The van der Waals surface area contributed by atoms with Crippen LogP contribution in [0.25, 0.3) is 0 Å². The minimum atomic E-state index is -0.525. The van der Waals surface area contributed by atoms with E-state index < -0.39 is 5.97 Å². The molecule has 0 saturated carbocycles. The Bertz CT molecular complexity index is 371. The highest BCUT2D eigenvalue weighted by molar-refractivity contribution is 5.90. The maximum Gasteiger partial charge on any atom is 0.337 e. The third-order valence-corrected chi connectivity index (χ3v) is 2.11. The number of carbonyl (C=O) groups excluding carboxylic acids is 1. The number of benzene rings is 1. The Labute approximate surface area is 88.1 Å². The van der Waals surface area contributed by atoms with Crippen LogP contribution < -0.4 is 0 Å². The van der Waals surface area contributed by atoms with Gasteiger partial charge in [-0.05, 0) is 24.1 Å². The summed E-state index contributed by atoms with van der Waals surface area (Å²) in [5.74, 6) is -0.978. The van der Waals surface area contributed by atoms with Crippen molar-refractivity contribution in [2.45, 2.75) is 19.8 Å². The molecular formula is C11H14O4. The van der Waals surface area contributed by atoms with Gasteiger partial charge in [0.25, 0.3) is 0 Å². The summed E-state index contributed by atoms with van der Waals surface area (Å²) in [6, 6.07) is 2.73. The van der Waals surface area contributed by atoms with Gasteiger partial charge in [0, 0.05) is 0 Å². The lowest BCUT2D eigenvalue weighted by molar-refractivity contribution is 0.0600. The van der Waals surface area contributed by atoms with Crippen LogP contribution in [0, 0.1) is 0 Å². The molecule has 0 atom stereocenters. The van der Waals surface area contributed by atoms with Gasteiger partial charge in [0.1, 0.15) is 0 Å². The van der Waals surface area contributed by atoms with E-state index in [2.05, 4.69) is 4.74 Å². The van der Waals surface area contributed by atoms with E-state index in [0.717, 1.165) is 6.42 Å². The first-order chi connectivity index (χ1) is 7.10. The van der Waals surface area contributed by atoms with Crippen molar-refractivity contribution in [3.05, 3.63) is 23.3 Å². The smallest absolute Gasteiger partial charge is 0.337 e. The summed E-state index contributed by atoms with van der Waals surface area (Å²) in [6.45, 7) is 1.95. The van der Waals surface area contributed by atoms with Gasteiger partial charge in [-0.2, -0.15) is 0 Å². The van der Waals surface area contributed by atoms with E-state index in [9.17, 15) is 15.0 Å². The van der Waals surface area contributed by atoms with Crippen LogP contribution in [0.2, 0.25) is 0 Å². The highest BCUT2D eigenvalue weighted by atomic mass is 16.5. The molecule has 1 rings (SSSR count). The molecule has 0 aliphatic rings. The molecule has 15 heavy (non-hydrogen) atoms. The van der Waals surface area contributed by atoms with E-state index in [-0.39, 0.29) is 17.1 Å². The average molecular weight is 210 g/mol. The van der Waals surface area contributed by atoms with Crippen LogP contribution >= 0.6 is 0 Å². The molecule has 0 aromatic heterocycles. The van der Waals surface area contributed by atoms with Crippen molar-refractivity contribution >= 4 is 5.97 Å². The Hall–Kier alpha value is -1.71. The highest BCUT2D eigenvalue weighted by Gasteiger charge is 2.13. The number of aryl methyl sites for hydroxylation is 1. The summed E-state index contributed by atoms with van der Waals surface area (Å²) >= 11 is 0. The highest BCUT2D eigenvalue weighted by Crippen LogP contribution is 2.31. The molecule has 0 amide bonds. The molecule has 1 aromatic carbocycles. The van der Waals surface area contributed by atoms with Gasteiger partial charge < -0.3 is 14.9 Å². The molecule has 4 heteroatoms. The molecule has 0 spiro atoms. The second-order valence-corrected chi connectivity index (χ2v) is 3.24. The van der Waals surface area contributed by atoms with Crippen LogP contribution in [0.4, 0.5) is 0 Å².